The summed E-state index contributed by atoms with van der Waals surface area (Å²) in [5.74, 6) is -4.92. The number of aromatic nitrogens is 2. The SMILES string of the molecule is O=C(CSc1nc2ccccc2c(=O)n1Cc1ccco1)Nc1ccc(F)c(F)c1F. The van der Waals surface area contributed by atoms with Crippen LogP contribution in [0.3, 0.4) is 0 Å². The Morgan fingerprint density at radius 2 is 1.87 bits per heavy atom. The molecule has 0 spiro atoms. The molecule has 0 aliphatic rings. The monoisotopic (exact) mass is 445 g/mol. The van der Waals surface area contributed by atoms with E-state index in [1.807, 2.05) is 0 Å². The maximum Gasteiger partial charge on any atom is 0.262 e. The van der Waals surface area contributed by atoms with Gasteiger partial charge in [-0.1, -0.05) is 23.9 Å². The zero-order valence-corrected chi connectivity index (χ0v) is 16.6. The lowest BCUT2D eigenvalue weighted by Crippen LogP contribution is -2.24. The summed E-state index contributed by atoms with van der Waals surface area (Å²) in [6, 6.07) is 11.8. The minimum absolute atomic E-state index is 0.103. The Morgan fingerprint density at radius 3 is 2.65 bits per heavy atom. The lowest BCUT2D eigenvalue weighted by Gasteiger charge is -2.12. The lowest BCUT2D eigenvalue weighted by molar-refractivity contribution is -0.113. The molecular formula is C21H14F3N3O3S. The molecule has 1 N–H and O–H groups in total. The lowest BCUT2D eigenvalue weighted by atomic mass is 10.2. The van der Waals surface area contributed by atoms with Crippen molar-refractivity contribution in [1.29, 1.82) is 0 Å². The Hall–Kier alpha value is -3.53. The summed E-state index contributed by atoms with van der Waals surface area (Å²) in [5.41, 5.74) is -0.335. The van der Waals surface area contributed by atoms with Gasteiger partial charge in [-0.05, 0) is 36.4 Å². The second-order valence-electron chi connectivity index (χ2n) is 6.44. The molecule has 10 heteroatoms. The van der Waals surface area contributed by atoms with Crippen molar-refractivity contribution in [2.75, 3.05) is 11.1 Å². The number of anilines is 1. The summed E-state index contributed by atoms with van der Waals surface area (Å²) in [6.07, 6.45) is 1.48. The van der Waals surface area contributed by atoms with Gasteiger partial charge in [0.05, 0.1) is 35.2 Å². The van der Waals surface area contributed by atoms with E-state index in [-0.39, 0.29) is 23.0 Å². The molecule has 2 heterocycles. The molecule has 0 fully saturated rings. The van der Waals surface area contributed by atoms with Crippen LogP contribution in [0.25, 0.3) is 10.9 Å². The zero-order chi connectivity index (χ0) is 22.0. The van der Waals surface area contributed by atoms with Gasteiger partial charge in [0.25, 0.3) is 5.56 Å². The number of carbonyl (C=O) groups excluding carboxylic acids is 1. The molecule has 0 aliphatic carbocycles. The van der Waals surface area contributed by atoms with Gasteiger partial charge in [0.15, 0.2) is 22.6 Å². The Balaban J connectivity index is 1.59. The van der Waals surface area contributed by atoms with Crippen LogP contribution in [0.15, 0.2) is 69.2 Å². The van der Waals surface area contributed by atoms with Crippen molar-refractivity contribution < 1.29 is 22.4 Å². The number of rotatable bonds is 6. The number of fused-ring (bicyclic) bond motifs is 1. The highest BCUT2D eigenvalue weighted by atomic mass is 32.2. The molecule has 0 saturated carbocycles. The molecule has 158 valence electrons. The summed E-state index contributed by atoms with van der Waals surface area (Å²) >= 11 is 0.946. The average Bonchev–Trinajstić information content (AvgIpc) is 3.28. The molecule has 2 aromatic carbocycles. The van der Waals surface area contributed by atoms with Crippen molar-refractivity contribution in [3.63, 3.8) is 0 Å². The number of hydrogen-bond acceptors (Lipinski definition) is 5. The highest BCUT2D eigenvalue weighted by Gasteiger charge is 2.17. The topological polar surface area (TPSA) is 77.1 Å². The van der Waals surface area contributed by atoms with Gasteiger partial charge in [0.2, 0.25) is 5.91 Å². The number of halogens is 3. The number of thioether (sulfide) groups is 1. The van der Waals surface area contributed by atoms with Crippen molar-refractivity contribution in [3.8, 4) is 0 Å². The summed E-state index contributed by atoms with van der Waals surface area (Å²) < 4.78 is 46.9. The fourth-order valence-electron chi connectivity index (χ4n) is 2.89. The smallest absolute Gasteiger partial charge is 0.262 e. The molecule has 4 aromatic rings. The fourth-order valence-corrected chi connectivity index (χ4v) is 3.69. The van der Waals surface area contributed by atoms with Gasteiger partial charge < -0.3 is 9.73 Å². The van der Waals surface area contributed by atoms with Crippen LogP contribution in [0.2, 0.25) is 0 Å². The van der Waals surface area contributed by atoms with E-state index in [4.69, 9.17) is 4.42 Å². The molecule has 0 bridgehead atoms. The number of nitrogens with one attached hydrogen (secondary N) is 1. The van der Waals surface area contributed by atoms with Gasteiger partial charge in [-0.3, -0.25) is 14.2 Å². The predicted molar refractivity (Wildman–Crippen MR) is 109 cm³/mol. The van der Waals surface area contributed by atoms with Gasteiger partial charge in [-0.25, -0.2) is 18.2 Å². The van der Waals surface area contributed by atoms with Crippen molar-refractivity contribution >= 4 is 34.3 Å². The predicted octanol–water partition coefficient (Wildman–Crippen LogP) is 4.19. The molecule has 31 heavy (non-hydrogen) atoms. The normalized spacial score (nSPS) is 11.1. The van der Waals surface area contributed by atoms with Crippen LogP contribution in [0, 0.1) is 17.5 Å². The van der Waals surface area contributed by atoms with E-state index in [0.717, 1.165) is 17.8 Å². The number of hydrogen-bond donors (Lipinski definition) is 1. The Morgan fingerprint density at radius 1 is 1.06 bits per heavy atom. The van der Waals surface area contributed by atoms with E-state index in [1.165, 1.54) is 10.8 Å². The first-order valence-electron chi connectivity index (χ1n) is 9.02. The van der Waals surface area contributed by atoms with Crippen molar-refractivity contribution in [1.82, 2.24) is 9.55 Å². The van der Waals surface area contributed by atoms with Crippen LogP contribution in [-0.4, -0.2) is 21.2 Å². The maximum absolute atomic E-state index is 13.8. The standard InChI is InChI=1S/C21H14F3N3O3S/c22-14-7-8-16(19(24)18(14)23)25-17(28)11-31-21-26-15-6-2-1-5-13(15)20(29)27(21)10-12-4-3-9-30-12/h1-9H,10-11H2,(H,25,28). The third kappa shape index (κ3) is 4.33. The second kappa shape index (κ2) is 8.68. The fraction of sp³-hybridized carbons (Fsp3) is 0.0952. The van der Waals surface area contributed by atoms with Gasteiger partial charge in [0, 0.05) is 0 Å². The summed E-state index contributed by atoms with van der Waals surface area (Å²) in [4.78, 5) is 29.7. The summed E-state index contributed by atoms with van der Waals surface area (Å²) in [7, 11) is 0. The quantitative estimate of drug-likeness (QED) is 0.274. The van der Waals surface area contributed by atoms with E-state index >= 15 is 0 Å². The third-order valence-corrected chi connectivity index (χ3v) is 5.34. The van der Waals surface area contributed by atoms with Crippen LogP contribution >= 0.6 is 11.8 Å². The first-order valence-corrected chi connectivity index (χ1v) is 10.0. The molecule has 0 aliphatic heterocycles. The van der Waals surface area contributed by atoms with E-state index in [0.29, 0.717) is 22.7 Å². The van der Waals surface area contributed by atoms with Gasteiger partial charge in [-0.2, -0.15) is 0 Å². The molecular weight excluding hydrogens is 431 g/mol. The Labute approximate surface area is 177 Å². The minimum Gasteiger partial charge on any atom is -0.467 e. The molecule has 0 atom stereocenters. The van der Waals surface area contributed by atoms with E-state index < -0.39 is 29.0 Å². The van der Waals surface area contributed by atoms with Crippen LogP contribution in [-0.2, 0) is 11.3 Å². The number of nitrogens with zero attached hydrogens (tertiary/aromatic N) is 2. The highest BCUT2D eigenvalue weighted by molar-refractivity contribution is 7.99. The van der Waals surface area contributed by atoms with E-state index in [9.17, 15) is 22.8 Å². The molecule has 4 rings (SSSR count). The molecule has 6 nitrogen and oxygen atoms in total. The van der Waals surface area contributed by atoms with Gasteiger partial charge in [-0.15, -0.1) is 0 Å². The molecule has 0 saturated heterocycles. The van der Waals surface area contributed by atoms with Crippen molar-refractivity contribution in [3.05, 3.63) is 88.4 Å². The second-order valence-corrected chi connectivity index (χ2v) is 7.38. The van der Waals surface area contributed by atoms with Crippen LogP contribution < -0.4 is 10.9 Å². The molecule has 1 amide bonds. The third-order valence-electron chi connectivity index (χ3n) is 4.36. The van der Waals surface area contributed by atoms with Gasteiger partial charge >= 0.3 is 0 Å². The number of amides is 1. The molecule has 2 aromatic heterocycles. The maximum atomic E-state index is 13.8. The summed E-state index contributed by atoms with van der Waals surface area (Å²) in [5, 5.41) is 2.85. The van der Waals surface area contributed by atoms with E-state index in [1.54, 1.807) is 36.4 Å². The Bertz CT molecular complexity index is 1320. The minimum atomic E-state index is -1.67. The van der Waals surface area contributed by atoms with Gasteiger partial charge in [0.1, 0.15) is 5.76 Å². The first kappa shape index (κ1) is 20.7. The summed E-state index contributed by atoms with van der Waals surface area (Å²) in [6.45, 7) is 0.103. The number of para-hydroxylation sites is 1. The number of furan rings is 1. The highest BCUT2D eigenvalue weighted by Crippen LogP contribution is 2.22. The first-order chi connectivity index (χ1) is 14.9. The van der Waals surface area contributed by atoms with Crippen molar-refractivity contribution in [2.24, 2.45) is 0 Å². The van der Waals surface area contributed by atoms with Crippen LogP contribution in [0.1, 0.15) is 5.76 Å². The van der Waals surface area contributed by atoms with Crippen LogP contribution in [0.5, 0.6) is 0 Å². The van der Waals surface area contributed by atoms with Crippen molar-refractivity contribution in [2.45, 2.75) is 11.7 Å². The van der Waals surface area contributed by atoms with E-state index in [2.05, 4.69) is 10.3 Å². The average molecular weight is 445 g/mol. The Kier molecular flexibility index (Phi) is 5.81. The zero-order valence-electron chi connectivity index (χ0n) is 15.8. The number of carbonyl (C=O) groups is 1. The number of benzene rings is 2. The van der Waals surface area contributed by atoms with Crippen LogP contribution in [0.4, 0.5) is 18.9 Å². The largest absolute Gasteiger partial charge is 0.467 e. The molecule has 0 radical (unpaired) electrons. The molecule has 0 unspecified atom stereocenters.